The first-order valence-electron chi connectivity index (χ1n) is 11.2. The van der Waals surface area contributed by atoms with Crippen LogP contribution in [0.4, 0.5) is 15.8 Å². The van der Waals surface area contributed by atoms with Crippen LogP contribution in [0.2, 0.25) is 5.02 Å². The molecule has 0 atom stereocenters. The number of benzene rings is 3. The summed E-state index contributed by atoms with van der Waals surface area (Å²) in [4.78, 5) is 27.1. The second kappa shape index (κ2) is 11.8. The molecule has 37 heavy (non-hydrogen) atoms. The summed E-state index contributed by atoms with van der Waals surface area (Å²) >= 11 is 12.4. The minimum Gasteiger partial charge on any atom is -0.490 e. The fourth-order valence-electron chi connectivity index (χ4n) is 3.51. The number of para-hydroxylation sites is 1. The molecule has 6 nitrogen and oxygen atoms in total. The van der Waals surface area contributed by atoms with Gasteiger partial charge in [0.15, 0.2) is 22.4 Å². The Morgan fingerprint density at radius 2 is 1.92 bits per heavy atom. The van der Waals surface area contributed by atoms with Crippen LogP contribution >= 0.6 is 35.6 Å². The molecule has 0 bridgehead atoms. The van der Waals surface area contributed by atoms with Crippen molar-refractivity contribution in [2.24, 2.45) is 0 Å². The molecule has 190 valence electrons. The summed E-state index contributed by atoms with van der Waals surface area (Å²) in [6, 6.07) is 16.6. The summed E-state index contributed by atoms with van der Waals surface area (Å²) in [5.74, 6) is -0.396. The highest BCUT2D eigenvalue weighted by atomic mass is 35.5. The third kappa shape index (κ3) is 6.30. The lowest BCUT2D eigenvalue weighted by Gasteiger charge is -2.15. The molecule has 1 fully saturated rings. The first-order chi connectivity index (χ1) is 17.8. The number of thiocarbonyl (C=S) groups is 1. The van der Waals surface area contributed by atoms with E-state index in [1.165, 1.54) is 23.1 Å². The Labute approximate surface area is 228 Å². The van der Waals surface area contributed by atoms with Crippen LogP contribution in [0.3, 0.4) is 0 Å². The van der Waals surface area contributed by atoms with Crippen molar-refractivity contribution >= 4 is 69.2 Å². The molecule has 10 heteroatoms. The molecular formula is C27H22ClFN2O4S2. The molecule has 3 aromatic rings. The van der Waals surface area contributed by atoms with Crippen LogP contribution in [0.25, 0.3) is 6.08 Å². The highest BCUT2D eigenvalue weighted by Gasteiger charge is 2.33. The van der Waals surface area contributed by atoms with Gasteiger partial charge in [-0.05, 0) is 67.4 Å². The third-order valence-electron chi connectivity index (χ3n) is 5.30. The van der Waals surface area contributed by atoms with Crippen molar-refractivity contribution in [2.45, 2.75) is 13.8 Å². The van der Waals surface area contributed by atoms with Gasteiger partial charge in [-0.15, -0.1) is 0 Å². The standard InChI is InChI=1S/C27H22ClFN2O4S2/c1-3-34-23-12-17(8-11-22(23)35-15-25(32)30-21-7-5-4-6-16(21)2)13-24-26(33)31(27(36)37-24)18-9-10-20(29)19(28)14-18/h4-14H,3,15H2,1-2H3,(H,30,32). The number of anilines is 2. The maximum atomic E-state index is 13.6. The SMILES string of the molecule is CCOc1cc(C=C2SC(=S)N(c3ccc(F)c(Cl)c3)C2=O)ccc1OCC(=O)Nc1ccccc1C. The van der Waals surface area contributed by atoms with Gasteiger partial charge in [0.05, 0.1) is 22.2 Å². The van der Waals surface area contributed by atoms with E-state index in [0.717, 1.165) is 23.0 Å². The Morgan fingerprint density at radius 1 is 1.14 bits per heavy atom. The molecule has 0 spiro atoms. The Bertz CT molecular complexity index is 1410. The summed E-state index contributed by atoms with van der Waals surface area (Å²) in [7, 11) is 0. The number of nitrogens with zero attached hydrogens (tertiary/aromatic N) is 1. The van der Waals surface area contributed by atoms with Gasteiger partial charge < -0.3 is 14.8 Å². The van der Waals surface area contributed by atoms with E-state index in [9.17, 15) is 14.0 Å². The van der Waals surface area contributed by atoms with Crippen LogP contribution in [0, 0.1) is 12.7 Å². The largest absolute Gasteiger partial charge is 0.490 e. The number of aryl methyl sites for hydroxylation is 1. The molecular weight excluding hydrogens is 535 g/mol. The Balaban J connectivity index is 1.49. The maximum Gasteiger partial charge on any atom is 0.270 e. The first kappa shape index (κ1) is 26.7. The van der Waals surface area contributed by atoms with Crippen LogP contribution in [0.5, 0.6) is 11.5 Å². The second-order valence-corrected chi connectivity index (χ2v) is 9.99. The average Bonchev–Trinajstić information content (AvgIpc) is 3.14. The quantitative estimate of drug-likeness (QED) is 0.249. The number of nitrogens with one attached hydrogen (secondary N) is 1. The summed E-state index contributed by atoms with van der Waals surface area (Å²) in [5, 5.41) is 2.73. The van der Waals surface area contributed by atoms with Gasteiger partial charge in [-0.25, -0.2) is 4.39 Å². The maximum absolute atomic E-state index is 13.6. The van der Waals surface area contributed by atoms with Gasteiger partial charge in [0.1, 0.15) is 5.82 Å². The van der Waals surface area contributed by atoms with Gasteiger partial charge in [0, 0.05) is 5.69 Å². The Kier molecular flexibility index (Phi) is 8.48. The lowest BCUT2D eigenvalue weighted by Crippen LogP contribution is -2.27. The monoisotopic (exact) mass is 556 g/mol. The average molecular weight is 557 g/mol. The van der Waals surface area contributed by atoms with E-state index in [4.69, 9.17) is 33.3 Å². The van der Waals surface area contributed by atoms with E-state index in [0.29, 0.717) is 38.6 Å². The van der Waals surface area contributed by atoms with Gasteiger partial charge in [-0.2, -0.15) is 0 Å². The molecule has 0 radical (unpaired) electrons. The van der Waals surface area contributed by atoms with Crippen molar-refractivity contribution in [3.63, 3.8) is 0 Å². The smallest absolute Gasteiger partial charge is 0.270 e. The van der Waals surface area contributed by atoms with Gasteiger partial charge in [-0.1, -0.05) is 59.8 Å². The van der Waals surface area contributed by atoms with E-state index in [2.05, 4.69) is 5.32 Å². The molecule has 2 amide bonds. The molecule has 3 aromatic carbocycles. The highest BCUT2D eigenvalue weighted by Crippen LogP contribution is 2.38. The first-order valence-corrected chi connectivity index (χ1v) is 12.8. The van der Waals surface area contributed by atoms with Crippen molar-refractivity contribution in [2.75, 3.05) is 23.4 Å². The van der Waals surface area contributed by atoms with E-state index >= 15 is 0 Å². The van der Waals surface area contributed by atoms with Crippen molar-refractivity contribution in [1.82, 2.24) is 0 Å². The molecule has 1 heterocycles. The Morgan fingerprint density at radius 3 is 2.65 bits per heavy atom. The minimum absolute atomic E-state index is 0.0972. The highest BCUT2D eigenvalue weighted by molar-refractivity contribution is 8.27. The van der Waals surface area contributed by atoms with Crippen molar-refractivity contribution in [3.05, 3.63) is 87.5 Å². The fourth-order valence-corrected chi connectivity index (χ4v) is 4.98. The number of thioether (sulfide) groups is 1. The lowest BCUT2D eigenvalue weighted by molar-refractivity contribution is -0.118. The topological polar surface area (TPSA) is 67.9 Å². The number of amides is 2. The molecule has 4 rings (SSSR count). The molecule has 0 aromatic heterocycles. The van der Waals surface area contributed by atoms with Gasteiger partial charge in [0.2, 0.25) is 0 Å². The van der Waals surface area contributed by atoms with E-state index < -0.39 is 5.82 Å². The zero-order chi connectivity index (χ0) is 26.5. The number of ether oxygens (including phenoxy) is 2. The minimum atomic E-state index is -0.579. The van der Waals surface area contributed by atoms with Crippen LogP contribution in [0.15, 0.2) is 65.6 Å². The zero-order valence-corrected chi connectivity index (χ0v) is 22.3. The number of hydrogen-bond donors (Lipinski definition) is 1. The molecule has 0 aliphatic carbocycles. The predicted octanol–water partition coefficient (Wildman–Crippen LogP) is 6.61. The molecule has 1 aliphatic rings. The second-order valence-electron chi connectivity index (χ2n) is 7.91. The normalized spacial score (nSPS) is 14.3. The van der Waals surface area contributed by atoms with Crippen LogP contribution in [0.1, 0.15) is 18.1 Å². The number of carbonyl (C=O) groups is 2. The number of carbonyl (C=O) groups excluding carboxylic acids is 2. The summed E-state index contributed by atoms with van der Waals surface area (Å²) < 4.78 is 25.3. The van der Waals surface area contributed by atoms with Gasteiger partial charge in [-0.3, -0.25) is 14.5 Å². The van der Waals surface area contributed by atoms with E-state index in [1.807, 2.05) is 38.1 Å². The summed E-state index contributed by atoms with van der Waals surface area (Å²) in [6.07, 6.45) is 1.68. The Hall–Kier alpha value is -3.40. The van der Waals surface area contributed by atoms with Crippen molar-refractivity contribution < 1.29 is 23.5 Å². The third-order valence-corrected chi connectivity index (χ3v) is 6.89. The number of rotatable bonds is 8. The summed E-state index contributed by atoms with van der Waals surface area (Å²) in [5.41, 5.74) is 2.73. The van der Waals surface area contributed by atoms with Crippen molar-refractivity contribution in [1.29, 1.82) is 0 Å². The zero-order valence-electron chi connectivity index (χ0n) is 19.9. The predicted molar refractivity (Wildman–Crippen MR) is 150 cm³/mol. The molecule has 1 saturated heterocycles. The van der Waals surface area contributed by atoms with Crippen LogP contribution in [-0.4, -0.2) is 29.3 Å². The molecule has 0 unspecified atom stereocenters. The van der Waals surface area contributed by atoms with Crippen molar-refractivity contribution in [3.8, 4) is 11.5 Å². The molecule has 1 aliphatic heterocycles. The van der Waals surface area contributed by atoms with Crippen LogP contribution in [-0.2, 0) is 9.59 Å². The van der Waals surface area contributed by atoms with Gasteiger partial charge >= 0.3 is 0 Å². The number of hydrogen-bond acceptors (Lipinski definition) is 6. The van der Waals surface area contributed by atoms with E-state index in [-0.39, 0.29) is 23.4 Å². The molecule has 0 saturated carbocycles. The lowest BCUT2D eigenvalue weighted by atomic mass is 10.1. The summed E-state index contributed by atoms with van der Waals surface area (Å²) in [6.45, 7) is 3.92. The van der Waals surface area contributed by atoms with Gasteiger partial charge in [0.25, 0.3) is 11.8 Å². The molecule has 1 N–H and O–H groups in total. The number of halogens is 2. The fraction of sp³-hybridized carbons (Fsp3) is 0.148. The van der Waals surface area contributed by atoms with Crippen LogP contribution < -0.4 is 19.7 Å². The van der Waals surface area contributed by atoms with E-state index in [1.54, 1.807) is 24.3 Å².